The minimum Gasteiger partial charge on any atom is -0.241 e. The molecule has 0 aliphatic carbocycles. The van der Waals surface area contributed by atoms with Gasteiger partial charge in [-0.05, 0) is 55.7 Å². The van der Waals surface area contributed by atoms with Crippen LogP contribution < -0.4 is 0 Å². The zero-order valence-corrected chi connectivity index (χ0v) is 12.2. The maximum Gasteiger partial charge on any atom is 0.123 e. The summed E-state index contributed by atoms with van der Waals surface area (Å²) in [6.07, 6.45) is 0.948. The maximum absolute atomic E-state index is 4.67. The summed E-state index contributed by atoms with van der Waals surface area (Å²) in [5, 5.41) is 3.27. The van der Waals surface area contributed by atoms with Crippen molar-refractivity contribution in [3.63, 3.8) is 0 Å². The molecule has 0 fully saturated rings. The number of hydrogen-bond acceptors (Lipinski definition) is 3. The Labute approximate surface area is 112 Å². The van der Waals surface area contributed by atoms with Crippen molar-refractivity contribution in [2.45, 2.75) is 27.2 Å². The van der Waals surface area contributed by atoms with Gasteiger partial charge in [0.2, 0.25) is 0 Å². The first-order chi connectivity index (χ1) is 8.11. The monoisotopic (exact) mass is 263 g/mol. The summed E-state index contributed by atoms with van der Waals surface area (Å²) in [5.74, 6) is 0.856. The Bertz CT molecular complexity index is 529. The van der Waals surface area contributed by atoms with Crippen LogP contribution in [0.25, 0.3) is 10.6 Å². The van der Waals surface area contributed by atoms with Crippen LogP contribution in [0.4, 0.5) is 0 Å². The van der Waals surface area contributed by atoms with E-state index in [1.807, 2.05) is 0 Å². The topological polar surface area (TPSA) is 12.9 Å². The number of benzene rings is 1. The zero-order chi connectivity index (χ0) is 12.4. The van der Waals surface area contributed by atoms with Crippen LogP contribution >= 0.6 is 24.0 Å². The minimum atomic E-state index is 0.856. The van der Waals surface area contributed by atoms with Crippen LogP contribution in [0, 0.1) is 20.8 Å². The van der Waals surface area contributed by atoms with Crippen molar-refractivity contribution in [3.8, 4) is 10.6 Å². The van der Waals surface area contributed by atoms with Crippen molar-refractivity contribution in [1.29, 1.82) is 0 Å². The molecular weight excluding hydrogens is 246 g/mol. The van der Waals surface area contributed by atoms with Crippen molar-refractivity contribution in [1.82, 2.24) is 4.98 Å². The molecule has 0 amide bonds. The van der Waals surface area contributed by atoms with E-state index in [1.54, 1.807) is 11.3 Å². The lowest BCUT2D eigenvalue weighted by Gasteiger charge is -2.07. The highest BCUT2D eigenvalue weighted by atomic mass is 32.1. The van der Waals surface area contributed by atoms with E-state index in [1.165, 1.54) is 22.3 Å². The summed E-state index contributed by atoms with van der Waals surface area (Å²) in [6, 6.07) is 4.48. The smallest absolute Gasteiger partial charge is 0.123 e. The third-order valence-corrected chi connectivity index (χ3v) is 4.14. The van der Waals surface area contributed by atoms with E-state index in [2.05, 4.69) is 55.9 Å². The van der Waals surface area contributed by atoms with Crippen molar-refractivity contribution in [3.05, 3.63) is 39.9 Å². The van der Waals surface area contributed by atoms with E-state index in [4.69, 9.17) is 0 Å². The maximum atomic E-state index is 4.67. The van der Waals surface area contributed by atoms with Crippen LogP contribution in [0.2, 0.25) is 0 Å². The predicted molar refractivity (Wildman–Crippen MR) is 79.3 cm³/mol. The van der Waals surface area contributed by atoms with E-state index in [-0.39, 0.29) is 0 Å². The highest BCUT2D eigenvalue weighted by Gasteiger charge is 2.08. The first-order valence-corrected chi connectivity index (χ1v) is 7.26. The molecule has 1 aromatic carbocycles. The molecule has 0 bridgehead atoms. The van der Waals surface area contributed by atoms with E-state index in [0.717, 1.165) is 22.9 Å². The molecule has 17 heavy (non-hydrogen) atoms. The molecule has 0 atom stereocenters. The molecular formula is C14H17NS2. The van der Waals surface area contributed by atoms with Gasteiger partial charge in [0.15, 0.2) is 0 Å². The molecule has 90 valence electrons. The van der Waals surface area contributed by atoms with Gasteiger partial charge in [-0.15, -0.1) is 11.3 Å². The lowest BCUT2D eigenvalue weighted by Crippen LogP contribution is -1.90. The molecule has 1 heterocycles. The molecule has 2 rings (SSSR count). The number of aromatic nitrogens is 1. The first kappa shape index (κ1) is 12.7. The Hall–Kier alpha value is -0.800. The first-order valence-electron chi connectivity index (χ1n) is 5.75. The van der Waals surface area contributed by atoms with E-state index in [9.17, 15) is 0 Å². The largest absolute Gasteiger partial charge is 0.241 e. The Morgan fingerprint density at radius 1 is 1.12 bits per heavy atom. The second-order valence-corrected chi connectivity index (χ2v) is 5.67. The van der Waals surface area contributed by atoms with Crippen LogP contribution in [-0.2, 0) is 6.42 Å². The van der Waals surface area contributed by atoms with E-state index >= 15 is 0 Å². The fourth-order valence-corrected chi connectivity index (χ4v) is 3.02. The number of thiol groups is 1. The summed E-state index contributed by atoms with van der Waals surface area (Å²) in [6.45, 7) is 6.46. The van der Waals surface area contributed by atoms with Gasteiger partial charge in [0, 0.05) is 10.9 Å². The summed E-state index contributed by atoms with van der Waals surface area (Å²) < 4.78 is 0. The van der Waals surface area contributed by atoms with Gasteiger partial charge in [-0.1, -0.05) is 6.07 Å². The summed E-state index contributed by atoms with van der Waals surface area (Å²) >= 11 is 5.97. The second kappa shape index (κ2) is 5.23. The fourth-order valence-electron chi connectivity index (χ4n) is 1.85. The standard InChI is InChI=1S/C14H17NS2/c1-9-6-11(3)13(7-10(9)2)14-15-12(4-5-16)8-17-14/h6-8,16H,4-5H2,1-3H3. The highest BCUT2D eigenvalue weighted by Crippen LogP contribution is 2.29. The minimum absolute atomic E-state index is 0.856. The molecule has 0 aliphatic heterocycles. The number of nitrogens with zero attached hydrogens (tertiary/aromatic N) is 1. The van der Waals surface area contributed by atoms with Crippen LogP contribution in [0.3, 0.4) is 0 Å². The summed E-state index contributed by atoms with van der Waals surface area (Å²) in [7, 11) is 0. The zero-order valence-electron chi connectivity index (χ0n) is 10.4. The Morgan fingerprint density at radius 2 is 1.82 bits per heavy atom. The Morgan fingerprint density at radius 3 is 2.53 bits per heavy atom. The summed E-state index contributed by atoms with van der Waals surface area (Å²) in [5.41, 5.74) is 6.40. The molecule has 1 nitrogen and oxygen atoms in total. The Balaban J connectivity index is 2.41. The summed E-state index contributed by atoms with van der Waals surface area (Å²) in [4.78, 5) is 4.67. The number of hydrogen-bond donors (Lipinski definition) is 1. The van der Waals surface area contributed by atoms with Crippen molar-refractivity contribution < 1.29 is 0 Å². The van der Waals surface area contributed by atoms with Gasteiger partial charge in [-0.2, -0.15) is 12.6 Å². The fraction of sp³-hybridized carbons (Fsp3) is 0.357. The molecule has 3 heteroatoms. The number of aryl methyl sites for hydroxylation is 4. The van der Waals surface area contributed by atoms with E-state index < -0.39 is 0 Å². The van der Waals surface area contributed by atoms with Crippen LogP contribution in [0.15, 0.2) is 17.5 Å². The predicted octanol–water partition coefficient (Wildman–Crippen LogP) is 4.21. The lowest BCUT2D eigenvalue weighted by atomic mass is 10.0. The van der Waals surface area contributed by atoms with Crippen LogP contribution in [0.1, 0.15) is 22.4 Å². The van der Waals surface area contributed by atoms with Crippen molar-refractivity contribution >= 4 is 24.0 Å². The van der Waals surface area contributed by atoms with Gasteiger partial charge in [-0.25, -0.2) is 4.98 Å². The molecule has 0 aliphatic rings. The van der Waals surface area contributed by atoms with Gasteiger partial charge in [-0.3, -0.25) is 0 Å². The molecule has 0 N–H and O–H groups in total. The molecule has 0 saturated carbocycles. The van der Waals surface area contributed by atoms with Crippen molar-refractivity contribution in [2.75, 3.05) is 5.75 Å². The molecule has 0 unspecified atom stereocenters. The van der Waals surface area contributed by atoms with E-state index in [0.29, 0.717) is 0 Å². The average Bonchev–Trinajstić information content (AvgIpc) is 2.72. The molecule has 1 aromatic heterocycles. The van der Waals surface area contributed by atoms with Gasteiger partial charge in [0.25, 0.3) is 0 Å². The number of thiazole rings is 1. The Kier molecular flexibility index (Phi) is 3.89. The van der Waals surface area contributed by atoms with Crippen LogP contribution in [-0.4, -0.2) is 10.7 Å². The lowest BCUT2D eigenvalue weighted by molar-refractivity contribution is 1.08. The van der Waals surface area contributed by atoms with Gasteiger partial charge in [0.1, 0.15) is 5.01 Å². The molecule has 0 spiro atoms. The molecule has 0 radical (unpaired) electrons. The number of rotatable bonds is 3. The van der Waals surface area contributed by atoms with Crippen LogP contribution in [0.5, 0.6) is 0 Å². The normalized spacial score (nSPS) is 10.8. The third kappa shape index (κ3) is 2.72. The van der Waals surface area contributed by atoms with Gasteiger partial charge < -0.3 is 0 Å². The molecule has 2 aromatic rings. The second-order valence-electron chi connectivity index (χ2n) is 4.37. The highest BCUT2D eigenvalue weighted by molar-refractivity contribution is 7.80. The quantitative estimate of drug-likeness (QED) is 0.819. The average molecular weight is 263 g/mol. The third-order valence-electron chi connectivity index (χ3n) is 2.99. The SMILES string of the molecule is Cc1cc(C)c(-c2nc(CCS)cs2)cc1C. The van der Waals surface area contributed by atoms with Gasteiger partial charge in [0.05, 0.1) is 5.69 Å². The van der Waals surface area contributed by atoms with Gasteiger partial charge >= 0.3 is 0 Å². The molecule has 0 saturated heterocycles. The van der Waals surface area contributed by atoms with Crippen molar-refractivity contribution in [2.24, 2.45) is 0 Å².